The van der Waals surface area contributed by atoms with Crippen LogP contribution in [0.4, 0.5) is 13.2 Å². The van der Waals surface area contributed by atoms with Crippen molar-refractivity contribution in [2.45, 2.75) is 24.9 Å². The van der Waals surface area contributed by atoms with Crippen LogP contribution in [0, 0.1) is 0 Å². The van der Waals surface area contributed by atoms with E-state index in [0.29, 0.717) is 0 Å². The van der Waals surface area contributed by atoms with Gasteiger partial charge in [0.05, 0.1) is 5.56 Å². The molecule has 0 unspecified atom stereocenters. The molecular formula is C12H12F3NO5. The lowest BCUT2D eigenvalue weighted by molar-refractivity contribution is -0.158. The highest BCUT2D eigenvalue weighted by Crippen LogP contribution is 2.29. The van der Waals surface area contributed by atoms with Crippen molar-refractivity contribution in [2.75, 3.05) is 0 Å². The molecular weight excluding hydrogens is 295 g/mol. The summed E-state index contributed by atoms with van der Waals surface area (Å²) in [5, 5.41) is 28.6. The first-order chi connectivity index (χ1) is 9.62. The normalized spacial score (nSPS) is 14.3. The Morgan fingerprint density at radius 2 is 1.81 bits per heavy atom. The fourth-order valence-corrected chi connectivity index (χ4v) is 1.43. The molecule has 2 atom stereocenters. The van der Waals surface area contributed by atoms with Gasteiger partial charge in [0.15, 0.2) is 12.2 Å². The maximum atomic E-state index is 12.5. The highest BCUT2D eigenvalue weighted by Gasteiger charge is 2.31. The number of carboxylic acid groups (broad SMARTS) is 1. The molecule has 0 aliphatic heterocycles. The summed E-state index contributed by atoms with van der Waals surface area (Å²) in [5.41, 5.74) is -0.796. The molecule has 0 aliphatic carbocycles. The average Bonchev–Trinajstić information content (AvgIpc) is 2.42. The molecule has 116 valence electrons. The van der Waals surface area contributed by atoms with Gasteiger partial charge in [0, 0.05) is 6.54 Å². The number of nitrogens with one attached hydrogen (secondary N) is 1. The number of aliphatic hydroxyl groups is 2. The molecule has 0 saturated carbocycles. The fraction of sp³-hybridized carbons (Fsp3) is 0.333. The van der Waals surface area contributed by atoms with Crippen LogP contribution in [0.2, 0.25) is 0 Å². The minimum Gasteiger partial charge on any atom is -0.479 e. The van der Waals surface area contributed by atoms with Crippen molar-refractivity contribution < 1.29 is 38.1 Å². The first kappa shape index (κ1) is 16.9. The van der Waals surface area contributed by atoms with E-state index in [9.17, 15) is 27.9 Å². The number of aliphatic hydroxyl groups excluding tert-OH is 2. The Morgan fingerprint density at radius 3 is 2.33 bits per heavy atom. The van der Waals surface area contributed by atoms with Crippen molar-refractivity contribution in [3.8, 4) is 0 Å². The van der Waals surface area contributed by atoms with E-state index in [-0.39, 0.29) is 12.1 Å². The average molecular weight is 307 g/mol. The molecule has 21 heavy (non-hydrogen) atoms. The Balaban J connectivity index is 2.67. The monoisotopic (exact) mass is 307 g/mol. The Kier molecular flexibility index (Phi) is 5.28. The van der Waals surface area contributed by atoms with Crippen LogP contribution in [-0.2, 0) is 22.3 Å². The van der Waals surface area contributed by atoms with Crippen LogP contribution < -0.4 is 5.32 Å². The van der Waals surface area contributed by atoms with Crippen LogP contribution in [0.5, 0.6) is 0 Å². The standard InChI is InChI=1S/C12H12F3NO5/c13-12(14,15)7-3-1-2-6(4-7)5-16-10(19)8(17)9(18)11(20)21/h1-4,8-9,17-18H,5H2,(H,16,19)(H,20,21)/t8-,9+/m1/s1. The Morgan fingerprint density at radius 1 is 1.19 bits per heavy atom. The predicted molar refractivity (Wildman–Crippen MR) is 62.9 cm³/mol. The van der Waals surface area contributed by atoms with E-state index in [4.69, 9.17) is 10.2 Å². The summed E-state index contributed by atoms with van der Waals surface area (Å²) in [6.45, 7) is -0.355. The topological polar surface area (TPSA) is 107 Å². The van der Waals surface area contributed by atoms with Crippen LogP contribution in [0.1, 0.15) is 11.1 Å². The zero-order valence-electron chi connectivity index (χ0n) is 10.5. The van der Waals surface area contributed by atoms with Crippen molar-refractivity contribution in [2.24, 2.45) is 0 Å². The number of hydrogen-bond donors (Lipinski definition) is 4. The molecule has 0 aliphatic rings. The molecule has 0 saturated heterocycles. The van der Waals surface area contributed by atoms with Crippen molar-refractivity contribution >= 4 is 11.9 Å². The van der Waals surface area contributed by atoms with E-state index in [1.807, 2.05) is 5.32 Å². The summed E-state index contributed by atoms with van der Waals surface area (Å²) in [6.07, 6.45) is -9.06. The van der Waals surface area contributed by atoms with Crippen molar-refractivity contribution in [3.63, 3.8) is 0 Å². The van der Waals surface area contributed by atoms with Gasteiger partial charge >= 0.3 is 12.1 Å². The molecule has 0 bridgehead atoms. The molecule has 0 spiro atoms. The molecule has 1 rings (SSSR count). The van der Waals surface area contributed by atoms with Gasteiger partial charge in [0.25, 0.3) is 5.91 Å². The van der Waals surface area contributed by atoms with Crippen LogP contribution in [0.15, 0.2) is 24.3 Å². The molecule has 6 nitrogen and oxygen atoms in total. The molecule has 4 N–H and O–H groups in total. The number of halogens is 3. The van der Waals surface area contributed by atoms with E-state index >= 15 is 0 Å². The van der Waals surface area contributed by atoms with Crippen LogP contribution in [0.3, 0.4) is 0 Å². The molecule has 9 heteroatoms. The first-order valence-electron chi connectivity index (χ1n) is 5.65. The Bertz CT molecular complexity index is 532. The maximum absolute atomic E-state index is 12.5. The van der Waals surface area contributed by atoms with Crippen LogP contribution >= 0.6 is 0 Å². The number of alkyl halides is 3. The lowest BCUT2D eigenvalue weighted by Gasteiger charge is -2.14. The minimum absolute atomic E-state index is 0.107. The largest absolute Gasteiger partial charge is 0.479 e. The zero-order chi connectivity index (χ0) is 16.2. The van der Waals surface area contributed by atoms with Gasteiger partial charge in [-0.05, 0) is 17.7 Å². The van der Waals surface area contributed by atoms with Gasteiger partial charge in [-0.3, -0.25) is 4.79 Å². The maximum Gasteiger partial charge on any atom is 0.416 e. The van der Waals surface area contributed by atoms with Gasteiger partial charge < -0.3 is 20.6 Å². The second-order valence-corrected chi connectivity index (χ2v) is 4.14. The molecule has 0 aromatic heterocycles. The van der Waals surface area contributed by atoms with Gasteiger partial charge in [-0.2, -0.15) is 13.2 Å². The zero-order valence-corrected chi connectivity index (χ0v) is 10.5. The van der Waals surface area contributed by atoms with E-state index in [0.717, 1.165) is 18.2 Å². The molecule has 1 amide bonds. The lowest BCUT2D eigenvalue weighted by atomic mass is 10.1. The first-order valence-corrected chi connectivity index (χ1v) is 5.65. The summed E-state index contributed by atoms with van der Waals surface area (Å²) in [6, 6.07) is 4.12. The number of carboxylic acids is 1. The van der Waals surface area contributed by atoms with Gasteiger partial charge in [0.1, 0.15) is 0 Å². The van der Waals surface area contributed by atoms with E-state index in [1.54, 1.807) is 0 Å². The predicted octanol–water partition coefficient (Wildman–Crippen LogP) is 0.128. The van der Waals surface area contributed by atoms with Crippen molar-refractivity contribution in [3.05, 3.63) is 35.4 Å². The van der Waals surface area contributed by atoms with Gasteiger partial charge in [-0.15, -0.1) is 0 Å². The molecule has 0 fully saturated rings. The summed E-state index contributed by atoms with van der Waals surface area (Å²) < 4.78 is 37.4. The van der Waals surface area contributed by atoms with Gasteiger partial charge in [0.2, 0.25) is 0 Å². The fourth-order valence-electron chi connectivity index (χ4n) is 1.43. The van der Waals surface area contributed by atoms with Crippen molar-refractivity contribution in [1.82, 2.24) is 5.32 Å². The number of carbonyl (C=O) groups excluding carboxylic acids is 1. The third-order valence-electron chi connectivity index (χ3n) is 2.54. The number of carbonyl (C=O) groups is 2. The number of rotatable bonds is 5. The minimum atomic E-state index is -4.53. The van der Waals surface area contributed by atoms with Gasteiger partial charge in [-0.25, -0.2) is 4.79 Å². The second-order valence-electron chi connectivity index (χ2n) is 4.14. The van der Waals surface area contributed by atoms with Gasteiger partial charge in [-0.1, -0.05) is 12.1 Å². The van der Waals surface area contributed by atoms with E-state index in [1.165, 1.54) is 6.07 Å². The highest BCUT2D eigenvalue weighted by molar-refractivity contribution is 5.87. The third-order valence-corrected chi connectivity index (χ3v) is 2.54. The number of hydrogen-bond acceptors (Lipinski definition) is 4. The van der Waals surface area contributed by atoms with Crippen LogP contribution in [0.25, 0.3) is 0 Å². The number of amides is 1. The lowest BCUT2D eigenvalue weighted by Crippen LogP contribution is -2.45. The summed E-state index contributed by atoms with van der Waals surface area (Å²) >= 11 is 0. The molecule has 1 aromatic rings. The van der Waals surface area contributed by atoms with Crippen LogP contribution in [-0.4, -0.2) is 39.4 Å². The van der Waals surface area contributed by atoms with Crippen molar-refractivity contribution in [1.29, 1.82) is 0 Å². The quantitative estimate of drug-likeness (QED) is 0.618. The summed E-state index contributed by atoms with van der Waals surface area (Å²) in [7, 11) is 0. The van der Waals surface area contributed by atoms with E-state index in [2.05, 4.69) is 0 Å². The highest BCUT2D eigenvalue weighted by atomic mass is 19.4. The smallest absolute Gasteiger partial charge is 0.416 e. The number of benzene rings is 1. The summed E-state index contributed by atoms with van der Waals surface area (Å²) in [4.78, 5) is 21.7. The molecule has 0 heterocycles. The summed E-state index contributed by atoms with van der Waals surface area (Å²) in [5.74, 6) is -3.00. The number of aliphatic carboxylic acids is 1. The second kappa shape index (κ2) is 6.55. The molecule has 1 aromatic carbocycles. The third kappa shape index (κ3) is 4.72. The Labute approximate surface area is 116 Å². The SMILES string of the molecule is O=C(O)[C@@H](O)[C@@H](O)C(=O)NCc1cccc(C(F)(F)F)c1. The Hall–Kier alpha value is -2.13. The molecule has 0 radical (unpaired) electrons. The van der Waals surface area contributed by atoms with E-state index < -0.39 is 35.8 Å².